The number of hydrogen-bond donors (Lipinski definition) is 1. The lowest BCUT2D eigenvalue weighted by Crippen LogP contribution is -2.45. The van der Waals surface area contributed by atoms with Crippen LogP contribution in [0.5, 0.6) is 5.75 Å². The Balaban J connectivity index is 1.68. The van der Waals surface area contributed by atoms with E-state index in [1.165, 1.54) is 0 Å². The normalized spacial score (nSPS) is 15.6. The van der Waals surface area contributed by atoms with Gasteiger partial charge in [0, 0.05) is 24.7 Å². The number of carbonyl (C=O) groups excluding carboxylic acids is 1. The summed E-state index contributed by atoms with van der Waals surface area (Å²) in [7, 11) is 1.85. The van der Waals surface area contributed by atoms with E-state index in [9.17, 15) is 4.79 Å². The minimum Gasteiger partial charge on any atom is -0.481 e. The van der Waals surface area contributed by atoms with Crippen LogP contribution in [-0.4, -0.2) is 48.6 Å². The van der Waals surface area contributed by atoms with Crippen molar-refractivity contribution in [3.8, 4) is 5.75 Å². The summed E-state index contributed by atoms with van der Waals surface area (Å²) in [6.07, 6.45) is 3.65. The molecule has 23 heavy (non-hydrogen) atoms. The van der Waals surface area contributed by atoms with Crippen LogP contribution in [0.15, 0.2) is 30.5 Å². The molecule has 1 saturated heterocycles. The quantitative estimate of drug-likeness (QED) is 0.934. The minimum atomic E-state index is -0.0177. The molecule has 1 N–H and O–H groups in total. The van der Waals surface area contributed by atoms with E-state index in [4.69, 9.17) is 16.3 Å². The number of rotatable bonds is 4. The smallest absolute Gasteiger partial charge is 0.260 e. The van der Waals surface area contributed by atoms with Crippen molar-refractivity contribution in [3.63, 3.8) is 0 Å². The number of fused-ring (bicyclic) bond motifs is 1. The van der Waals surface area contributed by atoms with Gasteiger partial charge >= 0.3 is 0 Å². The first-order chi connectivity index (χ1) is 11.2. The molecule has 122 valence electrons. The second-order valence-corrected chi connectivity index (χ2v) is 6.13. The third-order valence-electron chi connectivity index (χ3n) is 4.28. The zero-order chi connectivity index (χ0) is 16.2. The maximum absolute atomic E-state index is 12.4. The van der Waals surface area contributed by atoms with Gasteiger partial charge in [0.2, 0.25) is 0 Å². The van der Waals surface area contributed by atoms with Crippen LogP contribution in [0.3, 0.4) is 0 Å². The van der Waals surface area contributed by atoms with E-state index in [0.29, 0.717) is 16.3 Å². The Morgan fingerprint density at radius 2 is 2.17 bits per heavy atom. The molecule has 6 heteroatoms. The van der Waals surface area contributed by atoms with Gasteiger partial charge in [0.1, 0.15) is 11.3 Å². The van der Waals surface area contributed by atoms with Gasteiger partial charge in [0.05, 0.1) is 5.02 Å². The maximum atomic E-state index is 12.4. The fourth-order valence-corrected chi connectivity index (χ4v) is 3.08. The topological polar surface area (TPSA) is 54.5 Å². The molecule has 0 unspecified atom stereocenters. The number of nitrogens with one attached hydrogen (secondary N) is 1. The summed E-state index contributed by atoms with van der Waals surface area (Å²) in [5.41, 5.74) is 0.678. The predicted molar refractivity (Wildman–Crippen MR) is 90.9 cm³/mol. The Hall–Kier alpha value is -1.85. The number of benzene rings is 1. The molecule has 0 atom stereocenters. The summed E-state index contributed by atoms with van der Waals surface area (Å²) in [5, 5.41) is 4.75. The van der Waals surface area contributed by atoms with Crippen molar-refractivity contribution in [2.45, 2.75) is 18.9 Å². The minimum absolute atomic E-state index is 0.00767. The number of amides is 1. The van der Waals surface area contributed by atoms with Gasteiger partial charge in [-0.2, -0.15) is 0 Å². The van der Waals surface area contributed by atoms with Gasteiger partial charge in [0.15, 0.2) is 6.61 Å². The van der Waals surface area contributed by atoms with Crippen molar-refractivity contribution in [1.29, 1.82) is 0 Å². The third-order valence-corrected chi connectivity index (χ3v) is 4.61. The first-order valence-corrected chi connectivity index (χ1v) is 8.17. The standard InChI is InChI=1S/C17H20ClN3O2/c1-21(12-6-9-19-10-7-12)16(22)11-23-15-5-4-14(18)13-3-2-8-20-17(13)15/h2-5,8,12,19H,6-7,9-11H2,1H3. The average Bonchev–Trinajstić information content (AvgIpc) is 2.61. The van der Waals surface area contributed by atoms with E-state index in [1.54, 1.807) is 23.2 Å². The van der Waals surface area contributed by atoms with Crippen LogP contribution < -0.4 is 10.1 Å². The Kier molecular flexibility index (Phi) is 4.98. The highest BCUT2D eigenvalue weighted by molar-refractivity contribution is 6.35. The maximum Gasteiger partial charge on any atom is 0.260 e. The molecule has 1 aliphatic rings. The molecule has 1 amide bonds. The molecule has 0 aliphatic carbocycles. The van der Waals surface area contributed by atoms with Gasteiger partial charge in [0.25, 0.3) is 5.91 Å². The Labute approximate surface area is 140 Å². The molecule has 2 heterocycles. The molecule has 1 aromatic heterocycles. The number of pyridine rings is 1. The van der Waals surface area contributed by atoms with Gasteiger partial charge in [-0.1, -0.05) is 11.6 Å². The van der Waals surface area contributed by atoms with E-state index < -0.39 is 0 Å². The van der Waals surface area contributed by atoms with Crippen molar-refractivity contribution >= 4 is 28.4 Å². The van der Waals surface area contributed by atoms with Gasteiger partial charge < -0.3 is 15.0 Å². The largest absolute Gasteiger partial charge is 0.481 e. The highest BCUT2D eigenvalue weighted by atomic mass is 35.5. The van der Waals surface area contributed by atoms with Crippen LogP contribution in [0.4, 0.5) is 0 Å². The SMILES string of the molecule is CN(C(=O)COc1ccc(Cl)c2cccnc12)C1CCNCC1. The Bertz CT molecular complexity index is 701. The van der Waals surface area contributed by atoms with E-state index in [-0.39, 0.29) is 18.6 Å². The number of piperidine rings is 1. The molecule has 0 bridgehead atoms. The van der Waals surface area contributed by atoms with Crippen molar-refractivity contribution in [2.24, 2.45) is 0 Å². The van der Waals surface area contributed by atoms with Crippen molar-refractivity contribution in [3.05, 3.63) is 35.5 Å². The van der Waals surface area contributed by atoms with Crippen LogP contribution in [0, 0.1) is 0 Å². The second kappa shape index (κ2) is 7.15. The fraction of sp³-hybridized carbons (Fsp3) is 0.412. The summed E-state index contributed by atoms with van der Waals surface area (Å²) in [5.74, 6) is 0.563. The molecule has 0 saturated carbocycles. The van der Waals surface area contributed by atoms with Gasteiger partial charge in [-0.3, -0.25) is 9.78 Å². The molecule has 0 radical (unpaired) electrons. The third kappa shape index (κ3) is 3.57. The number of nitrogens with zero attached hydrogens (tertiary/aromatic N) is 2. The summed E-state index contributed by atoms with van der Waals surface area (Å²) in [6.45, 7) is 1.91. The van der Waals surface area contributed by atoms with Crippen LogP contribution in [0.2, 0.25) is 5.02 Å². The van der Waals surface area contributed by atoms with Gasteiger partial charge in [-0.15, -0.1) is 0 Å². The van der Waals surface area contributed by atoms with Crippen LogP contribution in [0.1, 0.15) is 12.8 Å². The van der Waals surface area contributed by atoms with E-state index in [1.807, 2.05) is 19.2 Å². The number of aromatic nitrogens is 1. The molecular weight excluding hydrogens is 314 g/mol. The van der Waals surface area contributed by atoms with Gasteiger partial charge in [-0.25, -0.2) is 0 Å². The monoisotopic (exact) mass is 333 g/mol. The number of ether oxygens (including phenoxy) is 1. The average molecular weight is 334 g/mol. The second-order valence-electron chi connectivity index (χ2n) is 5.72. The molecule has 3 rings (SSSR count). The van der Waals surface area contributed by atoms with Crippen molar-refractivity contribution in [1.82, 2.24) is 15.2 Å². The highest BCUT2D eigenvalue weighted by Crippen LogP contribution is 2.29. The molecule has 1 aromatic carbocycles. The number of halogens is 1. The van der Waals surface area contributed by atoms with E-state index >= 15 is 0 Å². The molecule has 0 spiro atoms. The summed E-state index contributed by atoms with van der Waals surface area (Å²) >= 11 is 6.17. The van der Waals surface area contributed by atoms with E-state index in [0.717, 1.165) is 31.3 Å². The molecular formula is C17H20ClN3O2. The van der Waals surface area contributed by atoms with Gasteiger partial charge in [-0.05, 0) is 50.2 Å². The molecule has 2 aromatic rings. The summed E-state index contributed by atoms with van der Waals surface area (Å²) in [6, 6.07) is 7.53. The first kappa shape index (κ1) is 16.0. The zero-order valence-corrected chi connectivity index (χ0v) is 13.8. The molecule has 1 aliphatic heterocycles. The first-order valence-electron chi connectivity index (χ1n) is 7.79. The lowest BCUT2D eigenvalue weighted by atomic mass is 10.1. The van der Waals surface area contributed by atoms with Crippen molar-refractivity contribution < 1.29 is 9.53 Å². The number of likely N-dealkylation sites (N-methyl/N-ethyl adjacent to an activating group) is 1. The van der Waals surface area contributed by atoms with E-state index in [2.05, 4.69) is 10.3 Å². The molecule has 1 fully saturated rings. The van der Waals surface area contributed by atoms with Crippen LogP contribution in [-0.2, 0) is 4.79 Å². The van der Waals surface area contributed by atoms with Crippen molar-refractivity contribution in [2.75, 3.05) is 26.7 Å². The summed E-state index contributed by atoms with van der Waals surface area (Å²) in [4.78, 5) is 18.5. The highest BCUT2D eigenvalue weighted by Gasteiger charge is 2.22. The molecule has 5 nitrogen and oxygen atoms in total. The van der Waals surface area contributed by atoms with Crippen LogP contribution in [0.25, 0.3) is 10.9 Å². The lowest BCUT2D eigenvalue weighted by molar-refractivity contribution is -0.134. The zero-order valence-electron chi connectivity index (χ0n) is 13.1. The Morgan fingerprint density at radius 1 is 1.39 bits per heavy atom. The lowest BCUT2D eigenvalue weighted by Gasteiger charge is -2.31. The number of hydrogen-bond acceptors (Lipinski definition) is 4. The van der Waals surface area contributed by atoms with Crippen LogP contribution >= 0.6 is 11.6 Å². The number of carbonyl (C=O) groups is 1. The fourth-order valence-electron chi connectivity index (χ4n) is 2.87. The Morgan fingerprint density at radius 3 is 2.96 bits per heavy atom. The summed E-state index contributed by atoms with van der Waals surface area (Å²) < 4.78 is 5.72. The predicted octanol–water partition coefficient (Wildman–Crippen LogP) is 2.48.